The number of rotatable bonds is 4. The molecule has 122 valence electrons. The van der Waals surface area contributed by atoms with E-state index < -0.39 is 0 Å². The number of amides is 1. The monoisotopic (exact) mass is 351 g/mol. The highest BCUT2D eigenvalue weighted by atomic mass is 35.5. The Morgan fingerprint density at radius 2 is 2.04 bits per heavy atom. The van der Waals surface area contributed by atoms with E-state index in [9.17, 15) is 4.79 Å². The second kappa shape index (κ2) is 7.29. The largest absolute Gasteiger partial charge is 0.486 e. The lowest BCUT2D eigenvalue weighted by Crippen LogP contribution is -2.46. The lowest BCUT2D eigenvalue weighted by Gasteiger charge is -2.27. The highest BCUT2D eigenvalue weighted by molar-refractivity contribution is 7.13. The first kappa shape index (κ1) is 16.2. The van der Waals surface area contributed by atoms with Crippen LogP contribution in [0.4, 0.5) is 0 Å². The van der Waals surface area contributed by atoms with E-state index in [-0.39, 0.29) is 5.91 Å². The highest BCUT2D eigenvalue weighted by Gasteiger charge is 2.22. The lowest BCUT2D eigenvalue weighted by atomic mass is 10.3. The number of benzene rings is 1. The van der Waals surface area contributed by atoms with Crippen LogP contribution in [0.2, 0.25) is 5.02 Å². The van der Waals surface area contributed by atoms with Crippen LogP contribution in [-0.4, -0.2) is 42.0 Å². The van der Waals surface area contributed by atoms with Gasteiger partial charge in [0.1, 0.15) is 22.2 Å². The van der Waals surface area contributed by atoms with Gasteiger partial charge in [-0.2, -0.15) is 0 Å². The van der Waals surface area contributed by atoms with Gasteiger partial charge in [0.15, 0.2) is 0 Å². The van der Waals surface area contributed by atoms with Crippen LogP contribution < -0.4 is 10.1 Å². The van der Waals surface area contributed by atoms with E-state index >= 15 is 0 Å². The van der Waals surface area contributed by atoms with Gasteiger partial charge in [0.2, 0.25) is 0 Å². The van der Waals surface area contributed by atoms with Crippen LogP contribution in [0.1, 0.15) is 20.4 Å². The van der Waals surface area contributed by atoms with Gasteiger partial charge in [-0.15, -0.1) is 11.3 Å². The zero-order valence-corrected chi connectivity index (χ0v) is 14.4. The van der Waals surface area contributed by atoms with Gasteiger partial charge in [0.05, 0.1) is 5.69 Å². The number of ether oxygens (including phenoxy) is 1. The second-order valence-electron chi connectivity index (χ2n) is 5.31. The molecule has 1 saturated heterocycles. The molecular weight excluding hydrogens is 334 g/mol. The molecule has 0 atom stereocenters. The first-order chi connectivity index (χ1) is 11.1. The third kappa shape index (κ3) is 4.02. The van der Waals surface area contributed by atoms with Crippen molar-refractivity contribution >= 4 is 28.8 Å². The average molecular weight is 352 g/mol. The van der Waals surface area contributed by atoms with Crippen LogP contribution in [0.3, 0.4) is 0 Å². The molecule has 0 spiro atoms. The van der Waals surface area contributed by atoms with Crippen molar-refractivity contribution in [1.82, 2.24) is 15.2 Å². The first-order valence-corrected chi connectivity index (χ1v) is 8.67. The summed E-state index contributed by atoms with van der Waals surface area (Å²) in [7, 11) is 0. The van der Waals surface area contributed by atoms with Crippen molar-refractivity contribution in [1.29, 1.82) is 0 Å². The van der Waals surface area contributed by atoms with Crippen LogP contribution >= 0.6 is 22.9 Å². The van der Waals surface area contributed by atoms with Gasteiger partial charge < -0.3 is 15.0 Å². The molecule has 23 heavy (non-hydrogen) atoms. The quantitative estimate of drug-likeness (QED) is 0.920. The standard InChI is InChI=1S/C16H18ClN3O2S/c1-11-15(16(21)20-8-6-18-7-9-20)23-14(19-11)10-22-13-4-2-12(17)3-5-13/h2-5,18H,6-10H2,1H3. The maximum Gasteiger partial charge on any atom is 0.265 e. The number of carbonyl (C=O) groups is 1. The highest BCUT2D eigenvalue weighted by Crippen LogP contribution is 2.23. The van der Waals surface area contributed by atoms with E-state index in [4.69, 9.17) is 16.3 Å². The molecule has 0 radical (unpaired) electrons. The summed E-state index contributed by atoms with van der Waals surface area (Å²) in [5, 5.41) is 4.72. The summed E-state index contributed by atoms with van der Waals surface area (Å²) in [5.41, 5.74) is 0.772. The molecule has 1 amide bonds. The Kier molecular flexibility index (Phi) is 5.15. The topological polar surface area (TPSA) is 54.5 Å². The number of piperazine rings is 1. The normalized spacial score (nSPS) is 14.8. The minimum Gasteiger partial charge on any atom is -0.486 e. The van der Waals surface area contributed by atoms with Crippen LogP contribution in [-0.2, 0) is 6.61 Å². The molecule has 7 heteroatoms. The summed E-state index contributed by atoms with van der Waals surface area (Å²) in [4.78, 5) is 19.6. The summed E-state index contributed by atoms with van der Waals surface area (Å²) in [6, 6.07) is 7.19. The maximum atomic E-state index is 12.6. The molecule has 1 aromatic heterocycles. The fraction of sp³-hybridized carbons (Fsp3) is 0.375. The molecule has 1 aliphatic heterocycles. The number of hydrogen-bond acceptors (Lipinski definition) is 5. The zero-order chi connectivity index (χ0) is 16.2. The number of nitrogens with zero attached hydrogens (tertiary/aromatic N) is 2. The van der Waals surface area contributed by atoms with Crippen molar-refractivity contribution in [3.63, 3.8) is 0 Å². The maximum absolute atomic E-state index is 12.6. The van der Waals surface area contributed by atoms with Gasteiger partial charge in [-0.05, 0) is 31.2 Å². The predicted molar refractivity (Wildman–Crippen MR) is 91.4 cm³/mol. The molecule has 3 rings (SSSR count). The summed E-state index contributed by atoms with van der Waals surface area (Å²) < 4.78 is 5.69. The number of aryl methyl sites for hydroxylation is 1. The van der Waals surface area contributed by atoms with Gasteiger partial charge in [-0.25, -0.2) is 4.98 Å². The number of thiazole rings is 1. The molecule has 2 aromatic rings. The van der Waals surface area contributed by atoms with Gasteiger partial charge in [-0.3, -0.25) is 4.79 Å². The molecule has 1 fully saturated rings. The molecule has 1 aliphatic rings. The van der Waals surface area contributed by atoms with Gasteiger partial charge >= 0.3 is 0 Å². The Morgan fingerprint density at radius 1 is 1.35 bits per heavy atom. The summed E-state index contributed by atoms with van der Waals surface area (Å²) in [6.07, 6.45) is 0. The Balaban J connectivity index is 1.65. The number of carbonyl (C=O) groups excluding carboxylic acids is 1. The van der Waals surface area contributed by atoms with E-state index in [1.807, 2.05) is 24.0 Å². The van der Waals surface area contributed by atoms with Crippen LogP contribution in [0.5, 0.6) is 5.75 Å². The smallest absolute Gasteiger partial charge is 0.265 e. The molecule has 1 aromatic carbocycles. The second-order valence-corrected chi connectivity index (χ2v) is 6.83. The van der Waals surface area contributed by atoms with Crippen molar-refractivity contribution in [2.45, 2.75) is 13.5 Å². The molecular formula is C16H18ClN3O2S. The van der Waals surface area contributed by atoms with Gasteiger partial charge in [-0.1, -0.05) is 11.6 Å². The van der Waals surface area contributed by atoms with E-state index in [0.717, 1.165) is 42.6 Å². The average Bonchev–Trinajstić information content (AvgIpc) is 2.95. The molecule has 0 unspecified atom stereocenters. The third-order valence-electron chi connectivity index (χ3n) is 3.62. The number of halogens is 1. The molecule has 0 bridgehead atoms. The molecule has 1 N–H and O–H groups in total. The van der Waals surface area contributed by atoms with Crippen molar-refractivity contribution in [3.05, 3.63) is 44.9 Å². The van der Waals surface area contributed by atoms with E-state index in [1.54, 1.807) is 12.1 Å². The Labute approximate surface area is 144 Å². The van der Waals surface area contributed by atoms with E-state index in [1.165, 1.54) is 11.3 Å². The molecule has 0 saturated carbocycles. The van der Waals surface area contributed by atoms with E-state index in [0.29, 0.717) is 16.5 Å². The van der Waals surface area contributed by atoms with Gasteiger partial charge in [0.25, 0.3) is 5.91 Å². The summed E-state index contributed by atoms with van der Waals surface area (Å²) >= 11 is 7.26. The fourth-order valence-corrected chi connectivity index (χ4v) is 3.47. The third-order valence-corrected chi connectivity index (χ3v) is 4.99. The number of aromatic nitrogens is 1. The van der Waals surface area contributed by atoms with Crippen LogP contribution in [0.15, 0.2) is 24.3 Å². The Bertz CT molecular complexity index is 681. The summed E-state index contributed by atoms with van der Waals surface area (Å²) in [5.74, 6) is 0.802. The number of hydrogen-bond donors (Lipinski definition) is 1. The molecule has 2 heterocycles. The van der Waals surface area contributed by atoms with Crippen molar-refractivity contribution in [2.75, 3.05) is 26.2 Å². The first-order valence-electron chi connectivity index (χ1n) is 7.48. The zero-order valence-electron chi connectivity index (χ0n) is 12.8. The van der Waals surface area contributed by atoms with Crippen LogP contribution in [0.25, 0.3) is 0 Å². The molecule has 0 aliphatic carbocycles. The summed E-state index contributed by atoms with van der Waals surface area (Å²) in [6.45, 7) is 5.39. The fourth-order valence-electron chi connectivity index (χ4n) is 2.40. The predicted octanol–water partition coefficient (Wildman–Crippen LogP) is 2.73. The minimum atomic E-state index is 0.0687. The SMILES string of the molecule is Cc1nc(COc2ccc(Cl)cc2)sc1C(=O)N1CCNCC1. The Morgan fingerprint density at radius 3 is 2.74 bits per heavy atom. The van der Waals surface area contributed by atoms with Crippen molar-refractivity contribution in [3.8, 4) is 5.75 Å². The number of nitrogens with one attached hydrogen (secondary N) is 1. The van der Waals surface area contributed by atoms with Crippen LogP contribution in [0, 0.1) is 6.92 Å². The van der Waals surface area contributed by atoms with Gasteiger partial charge in [0, 0.05) is 31.2 Å². The van der Waals surface area contributed by atoms with Crippen molar-refractivity contribution < 1.29 is 9.53 Å². The minimum absolute atomic E-state index is 0.0687. The molecule has 5 nitrogen and oxygen atoms in total. The Hall–Kier alpha value is -1.63. The van der Waals surface area contributed by atoms with Crippen molar-refractivity contribution in [2.24, 2.45) is 0 Å². The lowest BCUT2D eigenvalue weighted by molar-refractivity contribution is 0.0739. The van der Waals surface area contributed by atoms with E-state index in [2.05, 4.69) is 10.3 Å².